The van der Waals surface area contributed by atoms with E-state index in [4.69, 9.17) is 21.1 Å². The molecule has 3 aromatic rings. The lowest BCUT2D eigenvalue weighted by atomic mass is 9.75. The van der Waals surface area contributed by atoms with E-state index in [1.54, 1.807) is 0 Å². The van der Waals surface area contributed by atoms with Crippen LogP contribution in [-0.4, -0.2) is 64.3 Å². The molecular weight excluding hydrogens is 587 g/mol. The van der Waals surface area contributed by atoms with Gasteiger partial charge in [0.05, 0.1) is 35.5 Å². The number of hydrogen-bond donors (Lipinski definition) is 2. The summed E-state index contributed by atoms with van der Waals surface area (Å²) in [7, 11) is 0. The number of aliphatic hydroxyl groups is 2. The maximum Gasteiger partial charge on any atom is 0.257 e. The third kappa shape index (κ3) is 5.39. The zero-order valence-corrected chi connectivity index (χ0v) is 24.0. The molecule has 0 bridgehead atoms. The highest BCUT2D eigenvalue weighted by Crippen LogP contribution is 2.50. The number of fused-ring (bicyclic) bond motifs is 1. The van der Waals surface area contributed by atoms with Crippen LogP contribution in [0.4, 0.5) is 13.2 Å². The standard InChI is InChI=1S/C31H29ClF3N3O5/c1-29(41,30(35)8-10-42-11-9-30)21-12-25-27(26(34)13-21)31(43-18-24(39)14-33,20-3-5-22(32)6-4-20)38(28(25)40)17-23-7-2-19(15-36)16-37-23/h2-7,12-13,16,24,39,41H,8-11,14,17-18H2,1H3/t24?,29?,31-/m1/s1. The smallest absolute Gasteiger partial charge is 0.257 e. The van der Waals surface area contributed by atoms with Gasteiger partial charge in [-0.1, -0.05) is 23.7 Å². The summed E-state index contributed by atoms with van der Waals surface area (Å²) in [5, 5.41) is 31.1. The number of rotatable bonds is 9. The van der Waals surface area contributed by atoms with Crippen molar-refractivity contribution in [2.75, 3.05) is 26.5 Å². The molecule has 0 saturated carbocycles. The summed E-state index contributed by atoms with van der Waals surface area (Å²) < 4.78 is 57.3. The van der Waals surface area contributed by atoms with E-state index >= 15 is 8.78 Å². The van der Waals surface area contributed by atoms with Gasteiger partial charge in [0.25, 0.3) is 5.91 Å². The van der Waals surface area contributed by atoms with Crippen molar-refractivity contribution in [1.29, 1.82) is 5.26 Å². The van der Waals surface area contributed by atoms with Crippen LogP contribution < -0.4 is 0 Å². The molecule has 0 spiro atoms. The number of aliphatic hydroxyl groups excluding tert-OH is 1. The molecule has 2 aromatic carbocycles. The molecule has 2 aliphatic rings. The highest BCUT2D eigenvalue weighted by Gasteiger charge is 2.56. The third-order valence-corrected chi connectivity index (χ3v) is 8.43. The topological polar surface area (TPSA) is 116 Å². The monoisotopic (exact) mass is 615 g/mol. The van der Waals surface area contributed by atoms with Crippen LogP contribution in [-0.2, 0) is 27.3 Å². The second kappa shape index (κ2) is 11.9. The molecule has 226 valence electrons. The van der Waals surface area contributed by atoms with Crippen LogP contribution in [0.1, 0.15) is 58.1 Å². The Morgan fingerprint density at radius 3 is 2.53 bits per heavy atom. The molecular formula is C31H29ClF3N3O5. The zero-order chi connectivity index (χ0) is 31.0. The van der Waals surface area contributed by atoms with Crippen LogP contribution in [0.3, 0.4) is 0 Å². The number of aromatic nitrogens is 1. The average molecular weight is 616 g/mol. The van der Waals surface area contributed by atoms with E-state index in [1.165, 1.54) is 60.5 Å². The molecule has 0 aliphatic carbocycles. The van der Waals surface area contributed by atoms with Crippen molar-refractivity contribution in [1.82, 2.24) is 9.88 Å². The van der Waals surface area contributed by atoms with E-state index in [9.17, 15) is 24.7 Å². The van der Waals surface area contributed by atoms with Crippen molar-refractivity contribution >= 4 is 17.5 Å². The van der Waals surface area contributed by atoms with Crippen LogP contribution in [0.15, 0.2) is 54.7 Å². The molecule has 1 aromatic heterocycles. The quantitative estimate of drug-likeness (QED) is 0.359. The molecule has 3 heterocycles. The number of halogens is 4. The first kappa shape index (κ1) is 30.9. The highest BCUT2D eigenvalue weighted by atomic mass is 35.5. The van der Waals surface area contributed by atoms with Crippen molar-refractivity contribution in [2.45, 2.75) is 49.4 Å². The fourth-order valence-corrected chi connectivity index (χ4v) is 5.79. The summed E-state index contributed by atoms with van der Waals surface area (Å²) in [5.74, 6) is -1.74. The van der Waals surface area contributed by atoms with Crippen molar-refractivity contribution in [3.63, 3.8) is 0 Å². The lowest BCUT2D eigenvalue weighted by molar-refractivity contribution is -0.143. The SMILES string of the molecule is CC(O)(c1cc(F)c2c(c1)C(=O)N(Cc1ccc(C#N)cn1)[C@@]2(OCC(O)CF)c1ccc(Cl)cc1)C1(F)CCOCC1. The van der Waals surface area contributed by atoms with E-state index < -0.39 is 48.1 Å². The average Bonchev–Trinajstić information content (AvgIpc) is 3.24. The normalized spacial score (nSPS) is 21.6. The number of nitrogens with zero attached hydrogens (tertiary/aromatic N) is 3. The van der Waals surface area contributed by atoms with Gasteiger partial charge in [-0.2, -0.15) is 5.26 Å². The Hall–Kier alpha value is -3.53. The van der Waals surface area contributed by atoms with Gasteiger partial charge < -0.3 is 19.7 Å². The van der Waals surface area contributed by atoms with E-state index in [2.05, 4.69) is 4.98 Å². The number of carbonyl (C=O) groups is 1. The Labute approximate surface area is 251 Å². The molecule has 0 radical (unpaired) electrons. The van der Waals surface area contributed by atoms with Crippen LogP contribution in [0, 0.1) is 17.1 Å². The molecule has 1 fully saturated rings. The number of alkyl halides is 2. The Bertz CT molecular complexity index is 1540. The van der Waals surface area contributed by atoms with Gasteiger partial charge in [-0.25, -0.2) is 13.2 Å². The lowest BCUT2D eigenvalue weighted by Gasteiger charge is -2.42. The molecule has 3 atom stereocenters. The Balaban J connectivity index is 1.72. The molecule has 1 saturated heterocycles. The summed E-state index contributed by atoms with van der Waals surface area (Å²) in [6, 6.07) is 13.2. The number of benzene rings is 2. The first-order valence-electron chi connectivity index (χ1n) is 13.6. The number of ether oxygens (including phenoxy) is 2. The van der Waals surface area contributed by atoms with E-state index in [1.807, 2.05) is 6.07 Å². The predicted molar refractivity (Wildman–Crippen MR) is 149 cm³/mol. The first-order valence-corrected chi connectivity index (χ1v) is 14.0. The van der Waals surface area contributed by atoms with Gasteiger partial charge in [0.1, 0.15) is 35.9 Å². The van der Waals surface area contributed by atoms with Crippen molar-refractivity contribution in [2.24, 2.45) is 0 Å². The second-order valence-electron chi connectivity index (χ2n) is 10.8. The van der Waals surface area contributed by atoms with Gasteiger partial charge in [0.15, 0.2) is 5.72 Å². The van der Waals surface area contributed by atoms with Crippen LogP contribution in [0.5, 0.6) is 0 Å². The Morgan fingerprint density at radius 2 is 1.93 bits per heavy atom. The molecule has 8 nitrogen and oxygen atoms in total. The highest BCUT2D eigenvalue weighted by molar-refractivity contribution is 6.30. The van der Waals surface area contributed by atoms with Gasteiger partial charge in [0, 0.05) is 42.8 Å². The zero-order valence-electron chi connectivity index (χ0n) is 23.2. The predicted octanol–water partition coefficient (Wildman–Crippen LogP) is 4.68. The maximum absolute atomic E-state index is 16.5. The molecule has 2 aliphatic heterocycles. The molecule has 12 heteroatoms. The minimum Gasteiger partial charge on any atom is -0.388 e. The second-order valence-corrected chi connectivity index (χ2v) is 11.3. The third-order valence-electron chi connectivity index (χ3n) is 8.18. The summed E-state index contributed by atoms with van der Waals surface area (Å²) in [6.45, 7) is -0.693. The number of hydrogen-bond acceptors (Lipinski definition) is 7. The van der Waals surface area contributed by atoms with E-state index in [0.717, 1.165) is 6.07 Å². The largest absolute Gasteiger partial charge is 0.388 e. The number of nitriles is 1. The lowest BCUT2D eigenvalue weighted by Crippen LogP contribution is -2.50. The molecule has 2 N–H and O–H groups in total. The van der Waals surface area contributed by atoms with E-state index in [0.29, 0.717) is 10.7 Å². The summed E-state index contributed by atoms with van der Waals surface area (Å²) >= 11 is 6.13. The summed E-state index contributed by atoms with van der Waals surface area (Å²) in [4.78, 5) is 19.6. The van der Waals surface area contributed by atoms with Crippen molar-refractivity contribution < 1.29 is 37.7 Å². The van der Waals surface area contributed by atoms with Gasteiger partial charge in [-0.3, -0.25) is 14.7 Å². The first-order chi connectivity index (χ1) is 20.5. The van der Waals surface area contributed by atoms with Gasteiger partial charge in [0.2, 0.25) is 0 Å². The summed E-state index contributed by atoms with van der Waals surface area (Å²) in [6.07, 6.45) is -0.559. The van der Waals surface area contributed by atoms with Crippen molar-refractivity contribution in [3.8, 4) is 6.07 Å². The number of pyridine rings is 1. The fraction of sp³-hybridized carbons (Fsp3) is 0.387. The van der Waals surface area contributed by atoms with Crippen LogP contribution in [0.25, 0.3) is 0 Å². The van der Waals surface area contributed by atoms with Crippen LogP contribution in [0.2, 0.25) is 5.02 Å². The van der Waals surface area contributed by atoms with Crippen molar-refractivity contribution in [3.05, 3.63) is 99.1 Å². The molecule has 43 heavy (non-hydrogen) atoms. The molecule has 2 unspecified atom stereocenters. The van der Waals surface area contributed by atoms with E-state index in [-0.39, 0.29) is 60.4 Å². The fourth-order valence-electron chi connectivity index (χ4n) is 5.66. The minimum atomic E-state index is -2.19. The molecule has 1 amide bonds. The summed E-state index contributed by atoms with van der Waals surface area (Å²) in [5.41, 5.74) is -6.23. The minimum absolute atomic E-state index is 0.0643. The molecule has 5 rings (SSSR count). The van der Waals surface area contributed by atoms with Crippen LogP contribution >= 0.6 is 11.6 Å². The van der Waals surface area contributed by atoms with Gasteiger partial charge in [-0.05, 0) is 48.9 Å². The maximum atomic E-state index is 16.5. The number of amides is 1. The van der Waals surface area contributed by atoms with Gasteiger partial charge >= 0.3 is 0 Å². The van der Waals surface area contributed by atoms with Gasteiger partial charge in [-0.15, -0.1) is 0 Å². The Morgan fingerprint density at radius 1 is 1.23 bits per heavy atom. The Kier molecular flexibility index (Phi) is 8.53. The number of carbonyl (C=O) groups excluding carboxylic acids is 1.